The molecule has 2 aromatic rings. The molecule has 7 unspecified atom stereocenters. The summed E-state index contributed by atoms with van der Waals surface area (Å²) in [6.45, 7) is 0.986. The number of carbonyl (C=O) groups is 2. The first kappa shape index (κ1) is 39.6. The van der Waals surface area contributed by atoms with E-state index in [1.807, 2.05) is 0 Å². The van der Waals surface area contributed by atoms with E-state index in [0.717, 1.165) is 0 Å². The Morgan fingerprint density at radius 1 is 0.865 bits per heavy atom. The lowest BCUT2D eigenvalue weighted by atomic mass is 9.89. The number of aliphatic hydroxyl groups is 4. The molecule has 1 saturated heterocycles. The van der Waals surface area contributed by atoms with E-state index in [-0.39, 0.29) is 41.0 Å². The summed E-state index contributed by atoms with van der Waals surface area (Å²) in [4.78, 5) is 34.0. The van der Waals surface area contributed by atoms with Crippen LogP contribution in [-0.2, 0) is 14.3 Å². The van der Waals surface area contributed by atoms with E-state index in [2.05, 4.69) is 20.6 Å². The van der Waals surface area contributed by atoms with E-state index in [4.69, 9.17) is 37.1 Å². The number of aliphatic hydroxyl groups excluding tert-OH is 4. The minimum absolute atomic E-state index is 0.0122. The average Bonchev–Trinajstić information content (AvgIpc) is 3.50. The number of phenols is 1. The monoisotopic (exact) mass is 728 g/mol. The highest BCUT2D eigenvalue weighted by Crippen LogP contribution is 2.51. The fourth-order valence-electron chi connectivity index (χ4n) is 5.70. The van der Waals surface area contributed by atoms with Crippen molar-refractivity contribution in [2.45, 2.75) is 68.4 Å². The van der Waals surface area contributed by atoms with Crippen molar-refractivity contribution in [3.05, 3.63) is 59.2 Å². The lowest BCUT2D eigenvalue weighted by molar-refractivity contribution is -0.277. The molecule has 2 aromatic carbocycles. The van der Waals surface area contributed by atoms with Crippen LogP contribution >= 0.6 is 0 Å². The van der Waals surface area contributed by atoms with Crippen molar-refractivity contribution in [2.75, 3.05) is 32.8 Å². The zero-order valence-electron chi connectivity index (χ0n) is 28.5. The van der Waals surface area contributed by atoms with Gasteiger partial charge >= 0.3 is 0 Å². The number of nitrogens with one attached hydrogen (secondary N) is 2. The van der Waals surface area contributed by atoms with Gasteiger partial charge in [0.15, 0.2) is 23.4 Å². The molecule has 1 fully saturated rings. The van der Waals surface area contributed by atoms with Gasteiger partial charge in [-0.1, -0.05) is 12.1 Å². The molecule has 0 radical (unpaired) electrons. The van der Waals surface area contributed by atoms with Crippen molar-refractivity contribution in [3.8, 4) is 17.2 Å². The smallest absolute Gasteiger partial charge is 0.243 e. The fraction of sp³-hybridized carbons (Fsp3) is 0.471. The Balaban J connectivity index is 1.50. The molecule has 2 heterocycles. The minimum atomic E-state index is -1.61. The van der Waals surface area contributed by atoms with Crippen LogP contribution in [0.3, 0.4) is 0 Å². The topological polar surface area (TPSA) is 316 Å². The Labute approximate surface area is 300 Å². The second kappa shape index (κ2) is 18.9. The summed E-state index contributed by atoms with van der Waals surface area (Å²) in [7, 11) is 0. The largest absolute Gasteiger partial charge is 0.504 e. The highest BCUT2D eigenvalue weighted by molar-refractivity contribution is 5.92. The molecular weight excluding hydrogens is 680 g/mol. The summed E-state index contributed by atoms with van der Waals surface area (Å²) in [6.07, 6.45) is -2.74. The van der Waals surface area contributed by atoms with Crippen LogP contribution in [0.4, 0.5) is 0 Å². The van der Waals surface area contributed by atoms with Crippen molar-refractivity contribution >= 4 is 29.8 Å². The van der Waals surface area contributed by atoms with Crippen molar-refractivity contribution < 1.29 is 49.3 Å². The first-order valence-electron chi connectivity index (χ1n) is 16.8. The van der Waals surface area contributed by atoms with Gasteiger partial charge in [0.05, 0.1) is 6.61 Å². The number of phenolic OH excluding ortho intramolecular Hbond substituents is 1. The number of carbonyl (C=O) groups excluding carboxylic acids is 2. The maximum atomic E-state index is 13.8. The van der Waals surface area contributed by atoms with Crippen molar-refractivity contribution in [1.29, 1.82) is 0 Å². The van der Waals surface area contributed by atoms with Gasteiger partial charge in [-0.2, -0.15) is 0 Å². The van der Waals surface area contributed by atoms with Crippen LogP contribution in [0.2, 0.25) is 0 Å². The second-order valence-electron chi connectivity index (χ2n) is 12.3. The summed E-state index contributed by atoms with van der Waals surface area (Å²) in [6, 6.07) is 9.43. The van der Waals surface area contributed by atoms with E-state index in [9.17, 15) is 35.1 Å². The molecule has 18 nitrogen and oxygen atoms in total. The van der Waals surface area contributed by atoms with Crippen LogP contribution in [0.5, 0.6) is 17.2 Å². The summed E-state index contributed by atoms with van der Waals surface area (Å²) in [5.74, 6) is -1.53. The van der Waals surface area contributed by atoms with Crippen LogP contribution in [-0.4, -0.2) is 113 Å². The number of aliphatic imine (C=N–C) groups is 2. The van der Waals surface area contributed by atoms with Crippen molar-refractivity contribution in [3.63, 3.8) is 0 Å². The third-order valence-corrected chi connectivity index (χ3v) is 8.38. The van der Waals surface area contributed by atoms with Crippen molar-refractivity contribution in [1.82, 2.24) is 10.6 Å². The Morgan fingerprint density at radius 2 is 1.50 bits per heavy atom. The SMILES string of the molecule is NC(N)=NCCCCNC(=O)C=Cc1cc(O)c2c(c1)C(C(=O)NCCCCN=C(N)N)C(c1ccc(OC3OC(CO)C(O)C(O)C3O)cc1)O2. The molecule has 284 valence electrons. The summed E-state index contributed by atoms with van der Waals surface area (Å²) < 4.78 is 17.3. The standard InChI is InChI=1S/C34H48N8O10/c35-33(36)41-13-3-1-11-39-24(45)10-5-18-15-21-25(31(49)40-12-2-4-14-42-34(37)38)29(52-30(21)22(44)16-18)19-6-8-20(9-7-19)50-32-28(48)27(47)26(46)23(17-43)51-32/h5-10,15-16,23,25-29,32,43-44,46-48H,1-4,11-14,17H2,(H,39,45)(H,40,49)(H4,35,36,41)(H4,37,38,42). The zero-order chi connectivity index (χ0) is 37.8. The number of fused-ring (bicyclic) bond motifs is 1. The van der Waals surface area contributed by atoms with Gasteiger partial charge in [-0.05, 0) is 67.2 Å². The van der Waals surface area contributed by atoms with E-state index in [1.165, 1.54) is 30.4 Å². The average molecular weight is 729 g/mol. The first-order valence-corrected chi connectivity index (χ1v) is 16.8. The number of guanidine groups is 2. The predicted molar refractivity (Wildman–Crippen MR) is 190 cm³/mol. The van der Waals surface area contributed by atoms with Crippen LogP contribution in [0, 0.1) is 0 Å². The van der Waals surface area contributed by atoms with E-state index in [1.54, 1.807) is 18.2 Å². The molecule has 4 rings (SSSR count). The molecule has 0 bridgehead atoms. The van der Waals surface area contributed by atoms with Crippen LogP contribution in [0.1, 0.15) is 54.4 Å². The fourth-order valence-corrected chi connectivity index (χ4v) is 5.70. The molecular formula is C34H48N8O10. The van der Waals surface area contributed by atoms with Gasteiger partial charge in [0.1, 0.15) is 42.2 Å². The Hall–Kier alpha value is -5.14. The molecule has 2 amide bonds. The first-order chi connectivity index (χ1) is 24.9. The molecule has 0 saturated carbocycles. The molecule has 0 aliphatic carbocycles. The maximum Gasteiger partial charge on any atom is 0.243 e. The van der Waals surface area contributed by atoms with Crippen molar-refractivity contribution in [2.24, 2.45) is 32.9 Å². The van der Waals surface area contributed by atoms with Gasteiger partial charge < -0.3 is 73.3 Å². The number of unbranched alkanes of at least 4 members (excludes halogenated alkanes) is 2. The number of aromatic hydroxyl groups is 1. The quantitative estimate of drug-likeness (QED) is 0.0369. The van der Waals surface area contributed by atoms with E-state index in [0.29, 0.717) is 68.6 Å². The Kier molecular flexibility index (Phi) is 14.4. The van der Waals surface area contributed by atoms with Crippen LogP contribution < -0.4 is 43.0 Å². The number of nitrogens with two attached hydrogens (primary N) is 4. The highest BCUT2D eigenvalue weighted by atomic mass is 16.7. The normalized spacial score (nSPS) is 23.7. The molecule has 2 aliphatic heterocycles. The van der Waals surface area contributed by atoms with Crippen LogP contribution in [0.25, 0.3) is 6.08 Å². The lowest BCUT2D eigenvalue weighted by Crippen LogP contribution is -2.60. The minimum Gasteiger partial charge on any atom is -0.504 e. The number of ether oxygens (including phenoxy) is 3. The van der Waals surface area contributed by atoms with Gasteiger partial charge in [0.25, 0.3) is 0 Å². The van der Waals surface area contributed by atoms with Gasteiger partial charge in [-0.25, -0.2) is 0 Å². The number of hydrogen-bond acceptors (Lipinski definition) is 12. The van der Waals surface area contributed by atoms with Gasteiger partial charge in [-0.3, -0.25) is 19.6 Å². The number of amides is 2. The van der Waals surface area contributed by atoms with Crippen LogP contribution in [0.15, 0.2) is 52.5 Å². The Morgan fingerprint density at radius 3 is 2.12 bits per heavy atom. The summed E-state index contributed by atoms with van der Waals surface area (Å²) in [5.41, 5.74) is 22.8. The second-order valence-corrected chi connectivity index (χ2v) is 12.3. The number of rotatable bonds is 17. The molecule has 52 heavy (non-hydrogen) atoms. The highest BCUT2D eigenvalue weighted by Gasteiger charge is 2.45. The number of nitrogens with zero attached hydrogens (tertiary/aromatic N) is 2. The third kappa shape index (κ3) is 10.7. The maximum absolute atomic E-state index is 13.8. The van der Waals surface area contributed by atoms with Gasteiger partial charge in [0.2, 0.25) is 18.1 Å². The summed E-state index contributed by atoms with van der Waals surface area (Å²) in [5, 5.41) is 56.7. The number of benzene rings is 2. The van der Waals surface area contributed by atoms with Gasteiger partial charge in [0, 0.05) is 37.8 Å². The van der Waals surface area contributed by atoms with E-state index >= 15 is 0 Å². The zero-order valence-corrected chi connectivity index (χ0v) is 28.5. The van der Waals surface area contributed by atoms with Gasteiger partial charge in [-0.15, -0.1) is 0 Å². The Bertz CT molecular complexity index is 1600. The number of hydrogen-bond donors (Lipinski definition) is 11. The lowest BCUT2D eigenvalue weighted by Gasteiger charge is -2.39. The summed E-state index contributed by atoms with van der Waals surface area (Å²) >= 11 is 0. The predicted octanol–water partition coefficient (Wildman–Crippen LogP) is -1.86. The third-order valence-electron chi connectivity index (χ3n) is 8.38. The molecule has 18 heteroatoms. The molecule has 15 N–H and O–H groups in total. The molecule has 2 aliphatic rings. The van der Waals surface area contributed by atoms with E-state index < -0.39 is 49.3 Å². The molecule has 7 atom stereocenters. The molecule has 0 aromatic heterocycles. The molecule has 0 spiro atoms.